The van der Waals surface area contributed by atoms with Crippen molar-refractivity contribution in [3.8, 4) is 6.07 Å². The fourth-order valence-corrected chi connectivity index (χ4v) is 1.83. The van der Waals surface area contributed by atoms with Crippen LogP contribution in [0.2, 0.25) is 0 Å². The first-order valence-electron chi connectivity index (χ1n) is 6.14. The van der Waals surface area contributed by atoms with Crippen LogP contribution in [-0.4, -0.2) is 4.98 Å². The zero-order chi connectivity index (χ0) is 14.5. The lowest BCUT2D eigenvalue weighted by Gasteiger charge is -2.14. The quantitative estimate of drug-likeness (QED) is 0.931. The number of nitriles is 1. The highest BCUT2D eigenvalue weighted by Gasteiger charge is 2.13. The molecule has 1 heterocycles. The molecule has 0 spiro atoms. The highest BCUT2D eigenvalue weighted by molar-refractivity contribution is 5.34. The van der Waals surface area contributed by atoms with Gasteiger partial charge in [0, 0.05) is 24.3 Å². The average Bonchev–Trinajstić information content (AvgIpc) is 2.46. The Hall–Kier alpha value is -2.32. The molecule has 0 aliphatic carbocycles. The number of nitrogens with one attached hydrogen (secondary N) is 1. The van der Waals surface area contributed by atoms with E-state index in [1.165, 1.54) is 0 Å². The first-order chi connectivity index (χ1) is 9.61. The molecular weight excluding hydrogens is 260 g/mol. The minimum atomic E-state index is -0.720. The summed E-state index contributed by atoms with van der Waals surface area (Å²) in [5, 5.41) is 11.6. The molecule has 0 amide bonds. The van der Waals surface area contributed by atoms with E-state index in [1.54, 1.807) is 18.3 Å². The number of hydrogen-bond donors (Lipinski definition) is 1. The Morgan fingerprint density at radius 3 is 2.55 bits per heavy atom. The van der Waals surface area contributed by atoms with Crippen LogP contribution in [0.1, 0.15) is 29.8 Å². The van der Waals surface area contributed by atoms with E-state index < -0.39 is 11.6 Å². The zero-order valence-electron chi connectivity index (χ0n) is 10.9. The van der Waals surface area contributed by atoms with Crippen molar-refractivity contribution >= 4 is 0 Å². The summed E-state index contributed by atoms with van der Waals surface area (Å²) in [6.45, 7) is 1.89. The van der Waals surface area contributed by atoms with Gasteiger partial charge in [0.1, 0.15) is 11.6 Å². The summed E-state index contributed by atoms with van der Waals surface area (Å²) in [5.41, 5.74) is 0.690. The Kier molecular flexibility index (Phi) is 4.38. The third-order valence-electron chi connectivity index (χ3n) is 2.99. The van der Waals surface area contributed by atoms with Gasteiger partial charge in [-0.15, -0.1) is 0 Å². The Labute approximate surface area is 115 Å². The number of rotatable bonds is 4. The van der Waals surface area contributed by atoms with Crippen molar-refractivity contribution in [3.63, 3.8) is 0 Å². The molecule has 0 radical (unpaired) electrons. The summed E-state index contributed by atoms with van der Waals surface area (Å²) in [7, 11) is 0. The van der Waals surface area contributed by atoms with Crippen LogP contribution in [0.5, 0.6) is 0 Å². The van der Waals surface area contributed by atoms with E-state index in [9.17, 15) is 8.78 Å². The molecule has 1 aromatic carbocycles. The van der Waals surface area contributed by atoms with Crippen LogP contribution in [0.3, 0.4) is 0 Å². The number of pyridine rings is 1. The van der Waals surface area contributed by atoms with Crippen LogP contribution < -0.4 is 5.32 Å². The molecule has 0 saturated carbocycles. The topological polar surface area (TPSA) is 48.7 Å². The Morgan fingerprint density at radius 1 is 1.30 bits per heavy atom. The largest absolute Gasteiger partial charge is 0.305 e. The molecule has 0 aliphatic heterocycles. The third kappa shape index (κ3) is 3.16. The van der Waals surface area contributed by atoms with Crippen molar-refractivity contribution in [1.29, 1.82) is 5.26 Å². The Bertz CT molecular complexity index is 612. The molecule has 0 aliphatic rings. The van der Waals surface area contributed by atoms with Gasteiger partial charge in [0.25, 0.3) is 0 Å². The van der Waals surface area contributed by atoms with Gasteiger partial charge >= 0.3 is 0 Å². The molecule has 1 aromatic heterocycles. The van der Waals surface area contributed by atoms with Crippen molar-refractivity contribution in [1.82, 2.24) is 10.3 Å². The molecule has 0 unspecified atom stereocenters. The number of benzene rings is 1. The fraction of sp³-hybridized carbons (Fsp3) is 0.200. The normalized spacial score (nSPS) is 11.9. The van der Waals surface area contributed by atoms with E-state index in [0.29, 0.717) is 0 Å². The smallest absolute Gasteiger partial charge is 0.131 e. The molecule has 2 rings (SSSR count). The van der Waals surface area contributed by atoms with Gasteiger partial charge in [0.15, 0.2) is 0 Å². The van der Waals surface area contributed by atoms with Gasteiger partial charge in [-0.25, -0.2) is 8.78 Å². The van der Waals surface area contributed by atoms with Gasteiger partial charge in [0.2, 0.25) is 0 Å². The summed E-state index contributed by atoms with van der Waals surface area (Å²) in [5.74, 6) is -1.44. The molecule has 2 aromatic rings. The van der Waals surface area contributed by atoms with Gasteiger partial charge in [-0.05, 0) is 31.2 Å². The minimum absolute atomic E-state index is 0.0264. The monoisotopic (exact) mass is 273 g/mol. The zero-order valence-corrected chi connectivity index (χ0v) is 10.9. The second-order valence-electron chi connectivity index (χ2n) is 4.39. The summed E-state index contributed by atoms with van der Waals surface area (Å²) in [6, 6.07) is 9.14. The van der Waals surface area contributed by atoms with Gasteiger partial charge < -0.3 is 5.32 Å². The highest BCUT2D eigenvalue weighted by Crippen LogP contribution is 2.17. The van der Waals surface area contributed by atoms with E-state index >= 15 is 0 Å². The van der Waals surface area contributed by atoms with Gasteiger partial charge in [-0.2, -0.15) is 5.26 Å². The van der Waals surface area contributed by atoms with Crippen LogP contribution in [0.25, 0.3) is 0 Å². The number of hydrogen-bond acceptors (Lipinski definition) is 3. The molecule has 0 fully saturated rings. The number of aromatic nitrogens is 1. The Balaban J connectivity index is 2.10. The average molecular weight is 273 g/mol. The molecule has 20 heavy (non-hydrogen) atoms. The lowest BCUT2D eigenvalue weighted by Crippen LogP contribution is -2.20. The number of halogens is 2. The van der Waals surface area contributed by atoms with Crippen LogP contribution in [-0.2, 0) is 6.54 Å². The summed E-state index contributed by atoms with van der Waals surface area (Å²) in [6.07, 6.45) is 1.66. The van der Waals surface area contributed by atoms with E-state index in [-0.39, 0.29) is 23.7 Å². The van der Waals surface area contributed by atoms with E-state index in [2.05, 4.69) is 10.3 Å². The lowest BCUT2D eigenvalue weighted by atomic mass is 10.1. The van der Waals surface area contributed by atoms with Crippen molar-refractivity contribution in [2.24, 2.45) is 0 Å². The molecular formula is C15H13F2N3. The SMILES string of the molecule is C[C@@H](NCc1c(F)cc(C#N)cc1F)c1ccccn1. The van der Waals surface area contributed by atoms with Crippen molar-refractivity contribution in [3.05, 3.63) is 65.0 Å². The van der Waals surface area contributed by atoms with Crippen molar-refractivity contribution < 1.29 is 8.78 Å². The molecule has 1 N–H and O–H groups in total. The lowest BCUT2D eigenvalue weighted by molar-refractivity contribution is 0.504. The van der Waals surface area contributed by atoms with Crippen LogP contribution in [0, 0.1) is 23.0 Å². The van der Waals surface area contributed by atoms with E-state index in [0.717, 1.165) is 17.8 Å². The maximum atomic E-state index is 13.7. The predicted molar refractivity (Wildman–Crippen MR) is 70.6 cm³/mol. The molecule has 102 valence electrons. The highest BCUT2D eigenvalue weighted by atomic mass is 19.1. The first-order valence-corrected chi connectivity index (χ1v) is 6.14. The third-order valence-corrected chi connectivity index (χ3v) is 2.99. The maximum absolute atomic E-state index is 13.7. The molecule has 1 atom stereocenters. The van der Waals surface area contributed by atoms with Crippen LogP contribution >= 0.6 is 0 Å². The summed E-state index contributed by atoms with van der Waals surface area (Å²) >= 11 is 0. The minimum Gasteiger partial charge on any atom is -0.305 e. The predicted octanol–water partition coefficient (Wildman–Crippen LogP) is 3.08. The first kappa shape index (κ1) is 14.1. The molecule has 0 saturated heterocycles. The number of nitrogens with zero attached hydrogens (tertiary/aromatic N) is 2. The second-order valence-corrected chi connectivity index (χ2v) is 4.39. The van der Waals surface area contributed by atoms with Gasteiger partial charge in [-0.1, -0.05) is 6.07 Å². The van der Waals surface area contributed by atoms with Crippen LogP contribution in [0.15, 0.2) is 36.5 Å². The second kappa shape index (κ2) is 6.22. The Morgan fingerprint density at radius 2 is 2.00 bits per heavy atom. The molecule has 3 nitrogen and oxygen atoms in total. The standard InChI is InChI=1S/C15H13F2N3/c1-10(15-4-2-3-5-19-15)20-9-12-13(16)6-11(8-18)7-14(12)17/h2-7,10,20H,9H2,1H3/t10-/m1/s1. The molecule has 0 bridgehead atoms. The fourth-order valence-electron chi connectivity index (χ4n) is 1.83. The molecule has 5 heteroatoms. The van der Waals surface area contributed by atoms with Crippen molar-refractivity contribution in [2.75, 3.05) is 0 Å². The van der Waals surface area contributed by atoms with E-state index in [4.69, 9.17) is 5.26 Å². The van der Waals surface area contributed by atoms with E-state index in [1.807, 2.05) is 19.1 Å². The maximum Gasteiger partial charge on any atom is 0.131 e. The van der Waals surface area contributed by atoms with Gasteiger partial charge in [-0.3, -0.25) is 4.98 Å². The summed E-state index contributed by atoms with van der Waals surface area (Å²) < 4.78 is 27.4. The van der Waals surface area contributed by atoms with Crippen LogP contribution in [0.4, 0.5) is 8.78 Å². The summed E-state index contributed by atoms with van der Waals surface area (Å²) in [4.78, 5) is 4.17. The van der Waals surface area contributed by atoms with Crippen molar-refractivity contribution in [2.45, 2.75) is 19.5 Å². The van der Waals surface area contributed by atoms with Gasteiger partial charge in [0.05, 0.1) is 17.3 Å².